The first kappa shape index (κ1) is 23.6. The van der Waals surface area contributed by atoms with Gasteiger partial charge in [0.25, 0.3) is 5.91 Å². The molecule has 2 aromatic carbocycles. The predicted molar refractivity (Wildman–Crippen MR) is 133 cm³/mol. The molecule has 8 nitrogen and oxygen atoms in total. The first-order valence-electron chi connectivity index (χ1n) is 11.1. The third-order valence-corrected chi connectivity index (χ3v) is 6.59. The van der Waals surface area contributed by atoms with Gasteiger partial charge in [-0.2, -0.15) is 0 Å². The Hall–Kier alpha value is -3.59. The van der Waals surface area contributed by atoms with Crippen LogP contribution >= 0.6 is 11.3 Å². The number of rotatable bonds is 6. The minimum absolute atomic E-state index is 0.0560. The maximum atomic E-state index is 12.7. The Morgan fingerprint density at radius 3 is 2.35 bits per heavy atom. The summed E-state index contributed by atoms with van der Waals surface area (Å²) < 4.78 is 0. The number of nitrogens with one attached hydrogen (secondary N) is 2. The van der Waals surface area contributed by atoms with Crippen LogP contribution in [-0.2, 0) is 9.59 Å². The van der Waals surface area contributed by atoms with Crippen molar-refractivity contribution in [2.45, 2.75) is 40.0 Å². The number of anilines is 3. The van der Waals surface area contributed by atoms with E-state index in [1.807, 2.05) is 39.8 Å². The van der Waals surface area contributed by atoms with Crippen molar-refractivity contribution in [3.8, 4) is 0 Å². The van der Waals surface area contributed by atoms with Crippen molar-refractivity contribution in [2.75, 3.05) is 22.1 Å². The second kappa shape index (κ2) is 9.72. The minimum atomic E-state index is -0.316. The molecule has 0 saturated carbocycles. The number of aryl methyl sites for hydroxylation is 2. The van der Waals surface area contributed by atoms with Gasteiger partial charge >= 0.3 is 0 Å². The normalized spacial score (nSPS) is 15.6. The standard InChI is InChI=1S/C25H27N5O3S/c1-14(2)22(32)26-19-7-5-17(6-8-19)23(33)27-25-29-28-24(34-25)18-12-21(31)30(13-18)20-10-15(3)9-16(4)11-20/h5-11,14,18H,12-13H2,1-4H3,(H,26,32)(H,27,29,33). The summed E-state index contributed by atoms with van der Waals surface area (Å²) in [6.07, 6.45) is 0.360. The van der Waals surface area contributed by atoms with Gasteiger partial charge in [-0.3, -0.25) is 19.7 Å². The smallest absolute Gasteiger partial charge is 0.257 e. The molecule has 9 heteroatoms. The van der Waals surface area contributed by atoms with E-state index < -0.39 is 0 Å². The van der Waals surface area contributed by atoms with Crippen LogP contribution < -0.4 is 15.5 Å². The first-order chi connectivity index (χ1) is 16.2. The fourth-order valence-electron chi connectivity index (χ4n) is 3.84. The van der Waals surface area contributed by atoms with Crippen LogP contribution in [-0.4, -0.2) is 34.5 Å². The largest absolute Gasteiger partial charge is 0.326 e. The van der Waals surface area contributed by atoms with Crippen LogP contribution in [0.2, 0.25) is 0 Å². The van der Waals surface area contributed by atoms with Crippen LogP contribution in [0.1, 0.15) is 52.7 Å². The van der Waals surface area contributed by atoms with Crippen LogP contribution in [0.25, 0.3) is 0 Å². The van der Waals surface area contributed by atoms with E-state index in [0.29, 0.717) is 29.3 Å². The molecule has 0 bridgehead atoms. The zero-order valence-corrected chi connectivity index (χ0v) is 20.4. The van der Waals surface area contributed by atoms with Crippen molar-refractivity contribution in [1.82, 2.24) is 10.2 Å². The molecule has 1 unspecified atom stereocenters. The van der Waals surface area contributed by atoms with E-state index in [2.05, 4.69) is 26.9 Å². The zero-order valence-electron chi connectivity index (χ0n) is 19.6. The highest BCUT2D eigenvalue weighted by Gasteiger charge is 2.34. The molecule has 0 spiro atoms. The van der Waals surface area contributed by atoms with Crippen molar-refractivity contribution in [1.29, 1.82) is 0 Å². The average Bonchev–Trinajstić information content (AvgIpc) is 3.40. The van der Waals surface area contributed by atoms with Crippen molar-refractivity contribution >= 4 is 45.6 Å². The van der Waals surface area contributed by atoms with Gasteiger partial charge in [-0.15, -0.1) is 10.2 Å². The highest BCUT2D eigenvalue weighted by atomic mass is 32.1. The molecule has 0 radical (unpaired) electrons. The maximum absolute atomic E-state index is 12.7. The molecule has 2 N–H and O–H groups in total. The summed E-state index contributed by atoms with van der Waals surface area (Å²) in [6, 6.07) is 12.8. The molecule has 1 aliphatic heterocycles. The van der Waals surface area contributed by atoms with Crippen LogP contribution in [0.15, 0.2) is 42.5 Å². The van der Waals surface area contributed by atoms with Crippen molar-refractivity contribution in [3.63, 3.8) is 0 Å². The van der Waals surface area contributed by atoms with E-state index in [0.717, 1.165) is 21.8 Å². The molecule has 1 atom stereocenters. The summed E-state index contributed by atoms with van der Waals surface area (Å²) in [5, 5.41) is 15.0. The van der Waals surface area contributed by atoms with Crippen LogP contribution in [0.5, 0.6) is 0 Å². The fraction of sp³-hybridized carbons (Fsp3) is 0.320. The summed E-state index contributed by atoms with van der Waals surface area (Å²) in [4.78, 5) is 38.9. The van der Waals surface area contributed by atoms with E-state index in [1.54, 1.807) is 29.2 Å². The number of benzene rings is 2. The maximum Gasteiger partial charge on any atom is 0.257 e. The molecule has 0 aliphatic carbocycles. The van der Waals surface area contributed by atoms with Gasteiger partial charge in [0.05, 0.1) is 0 Å². The number of aromatic nitrogens is 2. The highest BCUT2D eigenvalue weighted by molar-refractivity contribution is 7.15. The number of carbonyl (C=O) groups is 3. The van der Waals surface area contributed by atoms with Gasteiger partial charge in [-0.25, -0.2) is 0 Å². The molecule has 1 fully saturated rings. The molecule has 34 heavy (non-hydrogen) atoms. The van der Waals surface area contributed by atoms with Crippen LogP contribution in [0.4, 0.5) is 16.5 Å². The Morgan fingerprint density at radius 1 is 1.03 bits per heavy atom. The second-order valence-corrected chi connectivity index (χ2v) is 9.88. The van der Waals surface area contributed by atoms with E-state index in [9.17, 15) is 14.4 Å². The summed E-state index contributed by atoms with van der Waals surface area (Å²) >= 11 is 1.28. The minimum Gasteiger partial charge on any atom is -0.326 e. The number of nitrogens with zero attached hydrogens (tertiary/aromatic N) is 3. The topological polar surface area (TPSA) is 104 Å². The van der Waals surface area contributed by atoms with Gasteiger partial charge in [-0.1, -0.05) is 31.3 Å². The quantitative estimate of drug-likeness (QED) is 0.543. The number of amides is 3. The number of hydrogen-bond acceptors (Lipinski definition) is 6. The Labute approximate surface area is 202 Å². The SMILES string of the molecule is Cc1cc(C)cc(N2CC(c3nnc(NC(=O)c4ccc(NC(=O)C(C)C)cc4)s3)CC2=O)c1. The molecule has 4 rings (SSSR count). The van der Waals surface area contributed by atoms with Gasteiger partial charge in [0.1, 0.15) is 5.01 Å². The van der Waals surface area contributed by atoms with Crippen molar-refractivity contribution in [2.24, 2.45) is 5.92 Å². The number of carbonyl (C=O) groups excluding carboxylic acids is 3. The Kier molecular flexibility index (Phi) is 6.74. The fourth-order valence-corrected chi connectivity index (χ4v) is 4.67. The third-order valence-electron chi connectivity index (χ3n) is 5.59. The van der Waals surface area contributed by atoms with Gasteiger partial charge in [-0.05, 0) is 61.4 Å². The molecule has 3 amide bonds. The summed E-state index contributed by atoms with van der Waals surface area (Å²) in [7, 11) is 0. The summed E-state index contributed by atoms with van der Waals surface area (Å²) in [6.45, 7) is 8.20. The lowest BCUT2D eigenvalue weighted by Gasteiger charge is -2.17. The Bertz CT molecular complexity index is 1220. The van der Waals surface area contributed by atoms with Crippen molar-refractivity contribution in [3.05, 3.63) is 64.2 Å². The average molecular weight is 478 g/mol. The molecule has 176 valence electrons. The molecular formula is C25H27N5O3S. The molecule has 1 aromatic heterocycles. The second-order valence-electron chi connectivity index (χ2n) is 8.87. The van der Waals surface area contributed by atoms with Gasteiger partial charge < -0.3 is 10.2 Å². The lowest BCUT2D eigenvalue weighted by Crippen LogP contribution is -2.24. The zero-order chi connectivity index (χ0) is 24.4. The molecule has 1 aliphatic rings. The van der Waals surface area contributed by atoms with Crippen molar-refractivity contribution < 1.29 is 14.4 Å². The molecular weight excluding hydrogens is 450 g/mol. The summed E-state index contributed by atoms with van der Waals surface area (Å²) in [5.41, 5.74) is 4.20. The predicted octanol–water partition coefficient (Wildman–Crippen LogP) is 4.52. The lowest BCUT2D eigenvalue weighted by atomic mass is 10.1. The van der Waals surface area contributed by atoms with E-state index in [-0.39, 0.29) is 29.6 Å². The summed E-state index contributed by atoms with van der Waals surface area (Å²) in [5.74, 6) is -0.539. The van der Waals surface area contributed by atoms with E-state index in [1.165, 1.54) is 11.3 Å². The van der Waals surface area contributed by atoms with Gasteiger partial charge in [0, 0.05) is 41.7 Å². The Balaban J connectivity index is 1.39. The lowest BCUT2D eigenvalue weighted by molar-refractivity contribution is -0.119. The van der Waals surface area contributed by atoms with E-state index in [4.69, 9.17) is 0 Å². The third kappa shape index (κ3) is 5.31. The molecule has 1 saturated heterocycles. The monoisotopic (exact) mass is 477 g/mol. The molecule has 2 heterocycles. The van der Waals surface area contributed by atoms with Crippen LogP contribution in [0, 0.1) is 19.8 Å². The number of hydrogen-bond donors (Lipinski definition) is 2. The highest BCUT2D eigenvalue weighted by Crippen LogP contribution is 2.35. The van der Waals surface area contributed by atoms with Crippen LogP contribution in [0.3, 0.4) is 0 Å². The first-order valence-corrected chi connectivity index (χ1v) is 12.0. The Morgan fingerprint density at radius 2 is 1.71 bits per heavy atom. The van der Waals surface area contributed by atoms with Gasteiger partial charge in [0.2, 0.25) is 16.9 Å². The molecule has 3 aromatic rings. The van der Waals surface area contributed by atoms with Gasteiger partial charge in [0.15, 0.2) is 0 Å². The van der Waals surface area contributed by atoms with E-state index >= 15 is 0 Å².